The minimum atomic E-state index is -0.985. The lowest BCUT2D eigenvalue weighted by molar-refractivity contribution is -0.539. The van der Waals surface area contributed by atoms with E-state index in [-0.39, 0.29) is 11.4 Å². The zero-order valence-corrected chi connectivity index (χ0v) is 20.1. The molecule has 1 aromatic rings. The Morgan fingerprint density at radius 1 is 0.781 bits per heavy atom. The van der Waals surface area contributed by atoms with Crippen LogP contribution in [0.15, 0.2) is 0 Å². The van der Waals surface area contributed by atoms with Crippen molar-refractivity contribution >= 4 is 11.5 Å². The quantitative estimate of drug-likeness (QED) is 0.504. The van der Waals surface area contributed by atoms with Crippen LogP contribution in [-0.4, -0.2) is 51.4 Å². The van der Waals surface area contributed by atoms with E-state index in [4.69, 9.17) is 18.9 Å². The standard InChI is InChI=1S/C23H32N3O6/c1-20(2)21(3,4)26(28)19(25(20)27)13-15-17(31-22(5,6)29-15)14(24-11-9-10-12-24)18-16(13)30-23(7,8)32-18/h9-12H2,1-8H3. The normalized spacial score (nSPS) is 25.8. The van der Waals surface area contributed by atoms with Gasteiger partial charge in [0.25, 0.3) is 0 Å². The first-order chi connectivity index (χ1) is 14.7. The van der Waals surface area contributed by atoms with Crippen molar-refractivity contribution in [1.29, 1.82) is 0 Å². The molecule has 1 aromatic carbocycles. The van der Waals surface area contributed by atoms with Gasteiger partial charge in [0.15, 0.2) is 34.1 Å². The van der Waals surface area contributed by atoms with Crippen LogP contribution in [0.5, 0.6) is 23.0 Å². The summed E-state index contributed by atoms with van der Waals surface area (Å²) < 4.78 is 25.7. The van der Waals surface area contributed by atoms with Gasteiger partial charge < -0.3 is 29.1 Å². The number of hydroxylamine groups is 3. The number of anilines is 1. The molecule has 0 saturated carbocycles. The number of nitrogens with zero attached hydrogens (tertiary/aromatic N) is 3. The number of ether oxygens (including phenoxy) is 4. The number of fused-ring (bicyclic) bond motifs is 2. The van der Waals surface area contributed by atoms with Crippen LogP contribution >= 0.6 is 0 Å². The molecular weight excluding hydrogens is 414 g/mol. The number of benzene rings is 1. The van der Waals surface area contributed by atoms with Crippen LogP contribution in [0.2, 0.25) is 0 Å². The van der Waals surface area contributed by atoms with E-state index < -0.39 is 22.7 Å². The Kier molecular flexibility index (Phi) is 4.04. The highest BCUT2D eigenvalue weighted by Crippen LogP contribution is 2.62. The molecule has 0 spiro atoms. The molecule has 9 nitrogen and oxygen atoms in total. The van der Waals surface area contributed by atoms with Crippen LogP contribution < -0.4 is 23.8 Å². The highest BCUT2D eigenvalue weighted by molar-refractivity contribution is 6.05. The van der Waals surface area contributed by atoms with Crippen LogP contribution in [0, 0.1) is 5.21 Å². The van der Waals surface area contributed by atoms with Crippen molar-refractivity contribution in [3.63, 3.8) is 0 Å². The fraction of sp³-hybridized carbons (Fsp3) is 0.696. The smallest absolute Gasteiger partial charge is 0.324 e. The predicted octanol–water partition coefficient (Wildman–Crippen LogP) is 3.78. The topological polar surface area (TPSA) is 89.4 Å². The second kappa shape index (κ2) is 6.07. The molecule has 0 bridgehead atoms. The first-order valence-corrected chi connectivity index (χ1v) is 11.2. The van der Waals surface area contributed by atoms with Crippen molar-refractivity contribution in [3.05, 3.63) is 10.8 Å². The maximum absolute atomic E-state index is 13.6. The van der Waals surface area contributed by atoms with Crippen molar-refractivity contribution in [2.45, 2.75) is 90.9 Å². The lowest BCUT2D eigenvalue weighted by Gasteiger charge is -2.32. The largest absolute Gasteiger partial charge is 0.714 e. The Bertz CT molecular complexity index is 992. The van der Waals surface area contributed by atoms with Gasteiger partial charge in [-0.3, -0.25) is 4.74 Å². The molecule has 4 aliphatic rings. The zero-order chi connectivity index (χ0) is 23.4. The molecule has 0 N–H and O–H groups in total. The SMILES string of the molecule is CC1(C)Oc2c(c(N3CCCC3)c3c(c2C2=[N+]([O-])C(C)(C)C(C)(C)N2[O])OC(C)(C)O3)O1. The van der Waals surface area contributed by atoms with Crippen molar-refractivity contribution in [3.8, 4) is 23.0 Å². The summed E-state index contributed by atoms with van der Waals surface area (Å²) in [6.45, 7) is 16.0. The molecule has 175 valence electrons. The molecule has 1 fully saturated rings. The molecule has 0 aliphatic carbocycles. The third-order valence-electron chi connectivity index (χ3n) is 7.23. The van der Waals surface area contributed by atoms with Gasteiger partial charge in [-0.05, 0) is 40.5 Å². The lowest BCUT2D eigenvalue weighted by atomic mass is 9.84. The molecule has 32 heavy (non-hydrogen) atoms. The minimum Gasteiger partial charge on any atom is -0.714 e. The van der Waals surface area contributed by atoms with E-state index in [1.165, 1.54) is 0 Å². The molecule has 0 amide bonds. The summed E-state index contributed by atoms with van der Waals surface area (Å²) in [4.78, 5) is 2.20. The summed E-state index contributed by atoms with van der Waals surface area (Å²) in [6, 6.07) is 0. The molecule has 1 radical (unpaired) electrons. The maximum Gasteiger partial charge on any atom is 0.324 e. The van der Waals surface area contributed by atoms with Crippen molar-refractivity contribution in [2.24, 2.45) is 0 Å². The molecule has 0 atom stereocenters. The molecular formula is C23H32N3O6. The monoisotopic (exact) mass is 446 g/mol. The number of hydrogen-bond donors (Lipinski definition) is 0. The Morgan fingerprint density at radius 2 is 1.22 bits per heavy atom. The van der Waals surface area contributed by atoms with E-state index in [2.05, 4.69) is 4.90 Å². The van der Waals surface area contributed by atoms with Gasteiger partial charge in [0, 0.05) is 46.0 Å². The van der Waals surface area contributed by atoms with Crippen LogP contribution in [-0.2, 0) is 5.21 Å². The van der Waals surface area contributed by atoms with Crippen LogP contribution in [0.4, 0.5) is 5.69 Å². The van der Waals surface area contributed by atoms with Gasteiger partial charge in [-0.25, -0.2) is 0 Å². The summed E-state index contributed by atoms with van der Waals surface area (Å²) in [5.74, 6) is -0.316. The summed E-state index contributed by atoms with van der Waals surface area (Å²) >= 11 is 0. The van der Waals surface area contributed by atoms with Gasteiger partial charge in [0.1, 0.15) is 11.2 Å². The van der Waals surface area contributed by atoms with Crippen molar-refractivity contribution < 1.29 is 28.9 Å². The molecule has 0 unspecified atom stereocenters. The number of amidine groups is 1. The van der Waals surface area contributed by atoms with E-state index in [0.29, 0.717) is 23.0 Å². The second-order valence-corrected chi connectivity index (χ2v) is 11.0. The molecule has 1 saturated heterocycles. The van der Waals surface area contributed by atoms with Gasteiger partial charge in [-0.15, -0.1) is 0 Å². The summed E-state index contributed by atoms with van der Waals surface area (Å²) in [6.07, 6.45) is 2.12. The van der Waals surface area contributed by atoms with Gasteiger partial charge in [0.05, 0.1) is 0 Å². The summed E-state index contributed by atoms with van der Waals surface area (Å²) in [7, 11) is 0. The van der Waals surface area contributed by atoms with Crippen LogP contribution in [0.25, 0.3) is 0 Å². The zero-order valence-electron chi connectivity index (χ0n) is 20.1. The van der Waals surface area contributed by atoms with E-state index in [9.17, 15) is 10.4 Å². The summed E-state index contributed by atoms with van der Waals surface area (Å²) in [5, 5.41) is 27.9. The van der Waals surface area contributed by atoms with Gasteiger partial charge in [0.2, 0.25) is 11.6 Å². The fourth-order valence-electron chi connectivity index (χ4n) is 4.80. The van der Waals surface area contributed by atoms with Crippen molar-refractivity contribution in [1.82, 2.24) is 5.06 Å². The third-order valence-corrected chi connectivity index (χ3v) is 7.23. The van der Waals surface area contributed by atoms with Crippen LogP contribution in [0.3, 0.4) is 0 Å². The second-order valence-electron chi connectivity index (χ2n) is 11.0. The Hall–Kier alpha value is -2.55. The Labute approximate surface area is 188 Å². The number of hydrogen-bond acceptors (Lipinski definition) is 7. The first kappa shape index (κ1) is 21.3. The highest BCUT2D eigenvalue weighted by Gasteiger charge is 2.62. The molecule has 5 rings (SSSR count). The highest BCUT2D eigenvalue weighted by atomic mass is 16.7. The van der Waals surface area contributed by atoms with E-state index >= 15 is 0 Å². The molecule has 4 aliphatic heterocycles. The molecule has 0 aromatic heterocycles. The summed E-state index contributed by atoms with van der Waals surface area (Å²) in [5.41, 5.74) is -0.916. The fourth-order valence-corrected chi connectivity index (χ4v) is 4.80. The minimum absolute atomic E-state index is 0.0527. The predicted molar refractivity (Wildman–Crippen MR) is 117 cm³/mol. The van der Waals surface area contributed by atoms with E-state index in [1.807, 2.05) is 0 Å². The maximum atomic E-state index is 13.6. The lowest BCUT2D eigenvalue weighted by Crippen LogP contribution is -2.53. The molecule has 4 heterocycles. The first-order valence-electron chi connectivity index (χ1n) is 11.2. The van der Waals surface area contributed by atoms with Crippen LogP contribution in [0.1, 0.15) is 73.8 Å². The van der Waals surface area contributed by atoms with Gasteiger partial charge in [-0.2, -0.15) is 0 Å². The van der Waals surface area contributed by atoms with Gasteiger partial charge >= 0.3 is 5.84 Å². The van der Waals surface area contributed by atoms with E-state index in [1.54, 1.807) is 55.4 Å². The third kappa shape index (κ3) is 2.63. The van der Waals surface area contributed by atoms with Crippen molar-refractivity contribution in [2.75, 3.05) is 18.0 Å². The average Bonchev–Trinajstić information content (AvgIpc) is 3.38. The number of rotatable bonds is 2. The Morgan fingerprint density at radius 3 is 1.62 bits per heavy atom. The van der Waals surface area contributed by atoms with Gasteiger partial charge in [-0.1, -0.05) is 5.06 Å². The average molecular weight is 447 g/mol. The van der Waals surface area contributed by atoms with E-state index in [0.717, 1.165) is 41.4 Å². The Balaban J connectivity index is 1.84. The molecule has 9 heteroatoms.